The first-order valence-electron chi connectivity index (χ1n) is 9.41. The maximum atomic E-state index is 12.0. The number of nitrogens with one attached hydrogen (secondary N) is 2. The van der Waals surface area contributed by atoms with Crippen LogP contribution in [-0.2, 0) is 9.59 Å². The number of amides is 2. The summed E-state index contributed by atoms with van der Waals surface area (Å²) >= 11 is 0. The lowest BCUT2D eigenvalue weighted by Gasteiger charge is -2.27. The van der Waals surface area contributed by atoms with Crippen molar-refractivity contribution in [3.63, 3.8) is 0 Å². The van der Waals surface area contributed by atoms with Crippen molar-refractivity contribution in [2.24, 2.45) is 11.8 Å². The molecular formula is C21H28N2O3. The molecule has 0 bridgehead atoms. The van der Waals surface area contributed by atoms with Crippen molar-refractivity contribution in [3.05, 3.63) is 41.5 Å². The molecule has 0 radical (unpaired) electrons. The van der Waals surface area contributed by atoms with Gasteiger partial charge in [0.25, 0.3) is 0 Å². The molecule has 0 spiro atoms. The lowest BCUT2D eigenvalue weighted by atomic mass is 9.81. The molecule has 0 saturated heterocycles. The van der Waals surface area contributed by atoms with E-state index < -0.39 is 0 Å². The van der Waals surface area contributed by atoms with Crippen LogP contribution in [-0.4, -0.2) is 31.2 Å². The van der Waals surface area contributed by atoms with Gasteiger partial charge in [-0.05, 0) is 49.7 Å². The first kappa shape index (κ1) is 19.9. The number of rotatable bonds is 8. The van der Waals surface area contributed by atoms with E-state index in [9.17, 15) is 14.4 Å². The highest BCUT2D eigenvalue weighted by atomic mass is 16.2. The van der Waals surface area contributed by atoms with Crippen molar-refractivity contribution in [1.29, 1.82) is 0 Å². The van der Waals surface area contributed by atoms with Gasteiger partial charge in [-0.3, -0.25) is 14.4 Å². The second kappa shape index (κ2) is 10.5. The van der Waals surface area contributed by atoms with E-state index in [0.717, 1.165) is 50.5 Å². The standard InChI is InChI=1S/C21H28N2O3/c1-2-13-22-21(26)19-10-7-17(8-11-19)14-23-20(25)12-9-16-3-5-18(15-24)6-4-16/h3-6,9,12,15,17,19H,2,7-8,10-11,13-14H2,1H3,(H,22,26)(H,23,25)/b12-9+. The van der Waals surface area contributed by atoms with Crippen molar-refractivity contribution in [2.75, 3.05) is 13.1 Å². The number of carbonyl (C=O) groups excluding carboxylic acids is 3. The maximum Gasteiger partial charge on any atom is 0.244 e. The number of benzene rings is 1. The minimum absolute atomic E-state index is 0.118. The van der Waals surface area contributed by atoms with Gasteiger partial charge < -0.3 is 10.6 Å². The summed E-state index contributed by atoms with van der Waals surface area (Å²) in [5.41, 5.74) is 1.50. The van der Waals surface area contributed by atoms with E-state index >= 15 is 0 Å². The van der Waals surface area contributed by atoms with E-state index in [-0.39, 0.29) is 17.7 Å². The molecule has 2 N–H and O–H groups in total. The normalized spacial score (nSPS) is 19.9. The van der Waals surface area contributed by atoms with Crippen LogP contribution in [0.1, 0.15) is 54.9 Å². The SMILES string of the molecule is CCCNC(=O)C1CCC(CNC(=O)/C=C/c2ccc(C=O)cc2)CC1. The number of hydrogen-bond acceptors (Lipinski definition) is 3. The zero-order chi connectivity index (χ0) is 18.8. The van der Waals surface area contributed by atoms with Crippen LogP contribution in [0.5, 0.6) is 0 Å². The smallest absolute Gasteiger partial charge is 0.244 e. The van der Waals surface area contributed by atoms with Gasteiger partial charge in [0.1, 0.15) is 6.29 Å². The number of carbonyl (C=O) groups is 3. The van der Waals surface area contributed by atoms with Crippen LogP contribution in [0, 0.1) is 11.8 Å². The van der Waals surface area contributed by atoms with Crippen LogP contribution in [0.25, 0.3) is 6.08 Å². The Morgan fingerprint density at radius 1 is 1.04 bits per heavy atom. The van der Waals surface area contributed by atoms with Gasteiger partial charge in [0.05, 0.1) is 0 Å². The molecule has 0 aromatic heterocycles. The summed E-state index contributed by atoms with van der Waals surface area (Å²) < 4.78 is 0. The van der Waals surface area contributed by atoms with E-state index in [4.69, 9.17) is 0 Å². The Morgan fingerprint density at radius 2 is 1.69 bits per heavy atom. The Balaban J connectivity index is 1.68. The summed E-state index contributed by atoms with van der Waals surface area (Å²) in [6, 6.07) is 7.05. The predicted molar refractivity (Wildman–Crippen MR) is 103 cm³/mol. The van der Waals surface area contributed by atoms with Crippen LogP contribution >= 0.6 is 0 Å². The summed E-state index contributed by atoms with van der Waals surface area (Å²) in [4.78, 5) is 34.6. The third kappa shape index (κ3) is 6.47. The average molecular weight is 356 g/mol. The molecule has 5 nitrogen and oxygen atoms in total. The molecule has 0 unspecified atom stereocenters. The van der Waals surface area contributed by atoms with Gasteiger partial charge in [0, 0.05) is 30.6 Å². The van der Waals surface area contributed by atoms with Gasteiger partial charge in [-0.15, -0.1) is 0 Å². The quantitative estimate of drug-likeness (QED) is 0.555. The lowest BCUT2D eigenvalue weighted by Crippen LogP contribution is -2.36. The fourth-order valence-electron chi connectivity index (χ4n) is 3.18. The fraction of sp³-hybridized carbons (Fsp3) is 0.476. The predicted octanol–water partition coefficient (Wildman–Crippen LogP) is 2.96. The molecule has 140 valence electrons. The molecule has 0 aliphatic heterocycles. The molecular weight excluding hydrogens is 328 g/mol. The van der Waals surface area contributed by atoms with E-state index in [1.54, 1.807) is 30.3 Å². The van der Waals surface area contributed by atoms with Gasteiger partial charge in [-0.2, -0.15) is 0 Å². The molecule has 5 heteroatoms. The van der Waals surface area contributed by atoms with Crippen molar-refractivity contribution >= 4 is 24.2 Å². The molecule has 26 heavy (non-hydrogen) atoms. The van der Waals surface area contributed by atoms with Gasteiger partial charge in [0.2, 0.25) is 11.8 Å². The average Bonchev–Trinajstić information content (AvgIpc) is 2.69. The summed E-state index contributed by atoms with van der Waals surface area (Å²) in [7, 11) is 0. The molecule has 2 rings (SSSR count). The van der Waals surface area contributed by atoms with Crippen molar-refractivity contribution in [1.82, 2.24) is 10.6 Å². The van der Waals surface area contributed by atoms with E-state index in [1.807, 2.05) is 0 Å². The van der Waals surface area contributed by atoms with Crippen LogP contribution < -0.4 is 10.6 Å². The minimum Gasteiger partial charge on any atom is -0.356 e. The molecule has 1 saturated carbocycles. The molecule has 1 aromatic rings. The highest BCUT2D eigenvalue weighted by Crippen LogP contribution is 2.28. The largest absolute Gasteiger partial charge is 0.356 e. The van der Waals surface area contributed by atoms with Crippen molar-refractivity contribution in [3.8, 4) is 0 Å². The first-order chi connectivity index (χ1) is 12.6. The summed E-state index contributed by atoms with van der Waals surface area (Å²) in [6.07, 6.45) is 8.75. The van der Waals surface area contributed by atoms with E-state index in [0.29, 0.717) is 18.0 Å². The number of aldehydes is 1. The van der Waals surface area contributed by atoms with Gasteiger partial charge in [-0.25, -0.2) is 0 Å². The minimum atomic E-state index is -0.118. The Bertz CT molecular complexity index is 629. The van der Waals surface area contributed by atoms with Crippen molar-refractivity contribution < 1.29 is 14.4 Å². The molecule has 1 aromatic carbocycles. The van der Waals surface area contributed by atoms with Gasteiger partial charge in [-0.1, -0.05) is 31.2 Å². The third-order valence-corrected chi connectivity index (χ3v) is 4.83. The van der Waals surface area contributed by atoms with Crippen LogP contribution in [0.4, 0.5) is 0 Å². The Hall–Kier alpha value is -2.43. The Labute approximate surface area is 155 Å². The van der Waals surface area contributed by atoms with E-state index in [1.165, 1.54) is 6.08 Å². The zero-order valence-electron chi connectivity index (χ0n) is 15.4. The van der Waals surface area contributed by atoms with E-state index in [2.05, 4.69) is 17.6 Å². The topological polar surface area (TPSA) is 75.3 Å². The highest BCUT2D eigenvalue weighted by Gasteiger charge is 2.25. The zero-order valence-corrected chi connectivity index (χ0v) is 15.4. The first-order valence-corrected chi connectivity index (χ1v) is 9.41. The second-order valence-corrected chi connectivity index (χ2v) is 6.87. The summed E-state index contributed by atoms with van der Waals surface area (Å²) in [5, 5.41) is 5.91. The second-order valence-electron chi connectivity index (χ2n) is 6.87. The van der Waals surface area contributed by atoms with Gasteiger partial charge >= 0.3 is 0 Å². The summed E-state index contributed by atoms with van der Waals surface area (Å²) in [6.45, 7) is 3.45. The molecule has 1 fully saturated rings. The number of hydrogen-bond donors (Lipinski definition) is 2. The third-order valence-electron chi connectivity index (χ3n) is 4.83. The van der Waals surface area contributed by atoms with Crippen LogP contribution in [0.3, 0.4) is 0 Å². The van der Waals surface area contributed by atoms with Crippen LogP contribution in [0.15, 0.2) is 30.3 Å². The van der Waals surface area contributed by atoms with Gasteiger partial charge in [0.15, 0.2) is 0 Å². The highest BCUT2D eigenvalue weighted by molar-refractivity contribution is 5.91. The van der Waals surface area contributed by atoms with Crippen LogP contribution in [0.2, 0.25) is 0 Å². The molecule has 1 aliphatic rings. The fourth-order valence-corrected chi connectivity index (χ4v) is 3.18. The Morgan fingerprint density at radius 3 is 2.31 bits per heavy atom. The molecule has 0 atom stereocenters. The molecule has 1 aliphatic carbocycles. The Kier molecular flexibility index (Phi) is 8.06. The lowest BCUT2D eigenvalue weighted by molar-refractivity contribution is -0.126. The maximum absolute atomic E-state index is 12.0. The van der Waals surface area contributed by atoms with Crippen molar-refractivity contribution in [2.45, 2.75) is 39.0 Å². The summed E-state index contributed by atoms with van der Waals surface area (Å²) in [5.74, 6) is 0.627. The molecule has 0 heterocycles. The molecule has 2 amide bonds. The monoisotopic (exact) mass is 356 g/mol.